The molecular formula is C21H20O3. The second-order valence-corrected chi connectivity index (χ2v) is 6.26. The maximum Gasteiger partial charge on any atom is 0.175 e. The zero-order chi connectivity index (χ0) is 17.1. The molecule has 0 aliphatic heterocycles. The summed E-state index contributed by atoms with van der Waals surface area (Å²) in [5.74, 6) is -1.39. The summed E-state index contributed by atoms with van der Waals surface area (Å²) in [7, 11) is 0. The summed E-state index contributed by atoms with van der Waals surface area (Å²) >= 11 is 0. The number of benzene rings is 2. The molecule has 1 aliphatic carbocycles. The molecular weight excluding hydrogens is 300 g/mol. The van der Waals surface area contributed by atoms with Gasteiger partial charge in [-0.25, -0.2) is 0 Å². The summed E-state index contributed by atoms with van der Waals surface area (Å²) in [5.41, 5.74) is 1.84. The van der Waals surface area contributed by atoms with E-state index >= 15 is 0 Å². The topological polar surface area (TPSA) is 51.2 Å². The lowest BCUT2D eigenvalue weighted by molar-refractivity contribution is -0.119. The molecule has 3 nitrogen and oxygen atoms in total. The molecule has 0 aromatic heterocycles. The van der Waals surface area contributed by atoms with Crippen molar-refractivity contribution in [2.75, 3.05) is 0 Å². The van der Waals surface area contributed by atoms with Gasteiger partial charge in [-0.15, -0.1) is 0 Å². The fourth-order valence-corrected chi connectivity index (χ4v) is 3.49. The van der Waals surface area contributed by atoms with Gasteiger partial charge in [-0.3, -0.25) is 14.4 Å². The number of carbonyl (C=O) groups is 3. The van der Waals surface area contributed by atoms with E-state index in [9.17, 15) is 14.4 Å². The summed E-state index contributed by atoms with van der Waals surface area (Å²) < 4.78 is 0. The largest absolute Gasteiger partial charge is 0.300 e. The maximum atomic E-state index is 12.8. The number of carbonyl (C=O) groups excluding carboxylic acids is 3. The van der Waals surface area contributed by atoms with E-state index in [1.54, 1.807) is 24.3 Å². The molecule has 3 heteroatoms. The molecule has 1 atom stereocenters. The number of rotatable bonds is 6. The monoisotopic (exact) mass is 320 g/mol. The van der Waals surface area contributed by atoms with E-state index in [0.29, 0.717) is 17.5 Å². The summed E-state index contributed by atoms with van der Waals surface area (Å²) in [5, 5.41) is 0. The molecule has 2 aromatic carbocycles. The summed E-state index contributed by atoms with van der Waals surface area (Å²) in [6.07, 6.45) is 1.48. The van der Waals surface area contributed by atoms with Crippen LogP contribution in [0.1, 0.15) is 58.4 Å². The first kappa shape index (κ1) is 16.3. The molecule has 2 aromatic rings. The average molecular weight is 320 g/mol. The van der Waals surface area contributed by atoms with Crippen LogP contribution in [-0.2, 0) is 4.79 Å². The van der Waals surface area contributed by atoms with Gasteiger partial charge in [0.15, 0.2) is 11.6 Å². The SMILES string of the molecule is CCCC(=O)C[C@H](c1ccccc1)C1C(=O)c2ccccc2C1=O. The highest BCUT2D eigenvalue weighted by molar-refractivity contribution is 6.27. The van der Waals surface area contributed by atoms with Gasteiger partial charge in [-0.05, 0) is 12.0 Å². The lowest BCUT2D eigenvalue weighted by Gasteiger charge is -2.21. The van der Waals surface area contributed by atoms with Gasteiger partial charge in [0, 0.05) is 29.9 Å². The normalized spacial score (nSPS) is 15.4. The van der Waals surface area contributed by atoms with Crippen LogP contribution in [0.2, 0.25) is 0 Å². The van der Waals surface area contributed by atoms with Crippen molar-refractivity contribution in [3.63, 3.8) is 0 Å². The van der Waals surface area contributed by atoms with Gasteiger partial charge >= 0.3 is 0 Å². The Balaban J connectivity index is 1.99. The van der Waals surface area contributed by atoms with E-state index < -0.39 is 11.8 Å². The molecule has 3 rings (SSSR count). The Bertz CT molecular complexity index is 742. The molecule has 24 heavy (non-hydrogen) atoms. The molecule has 0 bridgehead atoms. The van der Waals surface area contributed by atoms with E-state index in [1.165, 1.54) is 0 Å². The molecule has 0 N–H and O–H groups in total. The van der Waals surface area contributed by atoms with E-state index in [0.717, 1.165) is 12.0 Å². The first-order valence-electron chi connectivity index (χ1n) is 8.37. The Morgan fingerprint density at radius 1 is 0.917 bits per heavy atom. The highest BCUT2D eigenvalue weighted by Gasteiger charge is 2.44. The van der Waals surface area contributed by atoms with Crippen LogP contribution in [0.15, 0.2) is 54.6 Å². The van der Waals surface area contributed by atoms with E-state index in [4.69, 9.17) is 0 Å². The van der Waals surface area contributed by atoms with E-state index in [2.05, 4.69) is 0 Å². The van der Waals surface area contributed by atoms with Gasteiger partial charge in [0.05, 0.1) is 5.92 Å². The lowest BCUT2D eigenvalue weighted by Crippen LogP contribution is -2.26. The van der Waals surface area contributed by atoms with Crippen LogP contribution < -0.4 is 0 Å². The minimum absolute atomic E-state index is 0.0999. The molecule has 0 spiro atoms. The Hall–Kier alpha value is -2.55. The van der Waals surface area contributed by atoms with Gasteiger partial charge in [-0.1, -0.05) is 61.5 Å². The standard InChI is InChI=1S/C21H20O3/c1-2-8-15(22)13-18(14-9-4-3-5-10-14)19-20(23)16-11-6-7-12-17(16)21(19)24/h3-7,9-12,18-19H,2,8,13H2,1H3/t18-/m1/s1. The van der Waals surface area contributed by atoms with Crippen molar-refractivity contribution in [1.29, 1.82) is 0 Å². The maximum absolute atomic E-state index is 12.8. The highest BCUT2D eigenvalue weighted by Crippen LogP contribution is 2.38. The molecule has 0 unspecified atom stereocenters. The second kappa shape index (κ2) is 6.91. The van der Waals surface area contributed by atoms with Gasteiger partial charge in [-0.2, -0.15) is 0 Å². The number of hydrogen-bond donors (Lipinski definition) is 0. The van der Waals surface area contributed by atoms with Gasteiger partial charge in [0.1, 0.15) is 5.78 Å². The van der Waals surface area contributed by atoms with Crippen molar-refractivity contribution in [2.45, 2.75) is 32.1 Å². The van der Waals surface area contributed by atoms with Gasteiger partial charge in [0.2, 0.25) is 0 Å². The molecule has 0 radical (unpaired) electrons. The lowest BCUT2D eigenvalue weighted by atomic mass is 9.79. The molecule has 0 amide bonds. The highest BCUT2D eigenvalue weighted by atomic mass is 16.2. The number of hydrogen-bond acceptors (Lipinski definition) is 3. The smallest absolute Gasteiger partial charge is 0.175 e. The third-order valence-corrected chi connectivity index (χ3v) is 4.63. The summed E-state index contributed by atoms with van der Waals surface area (Å²) in [6.45, 7) is 1.96. The minimum Gasteiger partial charge on any atom is -0.300 e. The van der Waals surface area contributed by atoms with Crippen LogP contribution in [0.4, 0.5) is 0 Å². The van der Waals surface area contributed by atoms with Crippen LogP contribution >= 0.6 is 0 Å². The van der Waals surface area contributed by atoms with Crippen molar-refractivity contribution in [3.05, 3.63) is 71.3 Å². The fraction of sp³-hybridized carbons (Fsp3) is 0.286. The Morgan fingerprint density at radius 3 is 2.00 bits per heavy atom. The van der Waals surface area contributed by atoms with Gasteiger partial charge < -0.3 is 0 Å². The number of ketones is 3. The summed E-state index contributed by atoms with van der Waals surface area (Å²) in [6, 6.07) is 16.4. The predicted octanol–water partition coefficient (Wildman–Crippen LogP) is 4.22. The Kier molecular flexibility index (Phi) is 4.70. The van der Waals surface area contributed by atoms with Crippen LogP contribution in [0.5, 0.6) is 0 Å². The first-order valence-corrected chi connectivity index (χ1v) is 8.37. The number of Topliss-reactive ketones (excluding diaryl/α,β-unsaturated/α-hetero) is 3. The molecule has 0 saturated heterocycles. The van der Waals surface area contributed by atoms with Crippen LogP contribution in [-0.4, -0.2) is 17.3 Å². The molecule has 0 heterocycles. The van der Waals surface area contributed by atoms with E-state index in [-0.39, 0.29) is 23.8 Å². The van der Waals surface area contributed by atoms with Crippen molar-refractivity contribution in [2.24, 2.45) is 5.92 Å². The van der Waals surface area contributed by atoms with E-state index in [1.807, 2.05) is 37.3 Å². The molecule has 1 aliphatic rings. The average Bonchev–Trinajstić information content (AvgIpc) is 2.86. The van der Waals surface area contributed by atoms with Crippen LogP contribution in [0.25, 0.3) is 0 Å². The number of fused-ring (bicyclic) bond motifs is 1. The van der Waals surface area contributed by atoms with Crippen molar-refractivity contribution < 1.29 is 14.4 Å². The Morgan fingerprint density at radius 2 is 1.46 bits per heavy atom. The zero-order valence-electron chi connectivity index (χ0n) is 13.7. The predicted molar refractivity (Wildman–Crippen MR) is 92.3 cm³/mol. The molecule has 0 fully saturated rings. The summed E-state index contributed by atoms with van der Waals surface area (Å²) in [4.78, 5) is 37.9. The van der Waals surface area contributed by atoms with Crippen molar-refractivity contribution >= 4 is 17.3 Å². The molecule has 0 saturated carbocycles. The van der Waals surface area contributed by atoms with Crippen LogP contribution in [0, 0.1) is 5.92 Å². The van der Waals surface area contributed by atoms with Crippen molar-refractivity contribution in [3.8, 4) is 0 Å². The minimum atomic E-state index is -0.786. The fourth-order valence-electron chi connectivity index (χ4n) is 3.49. The van der Waals surface area contributed by atoms with Gasteiger partial charge in [0.25, 0.3) is 0 Å². The third kappa shape index (κ3) is 2.94. The zero-order valence-corrected chi connectivity index (χ0v) is 13.7. The first-order chi connectivity index (χ1) is 11.6. The Labute approximate surface area is 141 Å². The third-order valence-electron chi connectivity index (χ3n) is 4.63. The molecule has 122 valence electrons. The van der Waals surface area contributed by atoms with Crippen LogP contribution in [0.3, 0.4) is 0 Å². The quantitative estimate of drug-likeness (QED) is 0.749. The van der Waals surface area contributed by atoms with Crippen molar-refractivity contribution in [1.82, 2.24) is 0 Å². The second-order valence-electron chi connectivity index (χ2n) is 6.26.